The molecule has 0 aliphatic heterocycles. The van der Waals surface area contributed by atoms with Crippen molar-refractivity contribution in [3.05, 3.63) is 70.2 Å². The fraction of sp³-hybridized carbons (Fsp3) is 0.190. The Morgan fingerprint density at radius 3 is 2.46 bits per heavy atom. The first-order valence-corrected chi connectivity index (χ1v) is 9.14. The van der Waals surface area contributed by atoms with Gasteiger partial charge in [0.15, 0.2) is 0 Å². The third-order valence-electron chi connectivity index (χ3n) is 4.88. The van der Waals surface area contributed by atoms with Crippen molar-refractivity contribution in [3.63, 3.8) is 0 Å². The number of rotatable bonds is 4. The van der Waals surface area contributed by atoms with E-state index in [4.69, 9.17) is 11.6 Å². The van der Waals surface area contributed by atoms with Gasteiger partial charge in [0.1, 0.15) is 0 Å². The Hall–Kier alpha value is -2.73. The lowest BCUT2D eigenvalue weighted by atomic mass is 10.0. The molecule has 0 saturated heterocycles. The van der Waals surface area contributed by atoms with Gasteiger partial charge in [-0.25, -0.2) is 0 Å². The summed E-state index contributed by atoms with van der Waals surface area (Å²) >= 11 is 5.66. The molecule has 0 saturated carbocycles. The molecule has 0 atom stereocenters. The van der Waals surface area contributed by atoms with Crippen molar-refractivity contribution >= 4 is 39.7 Å². The Morgan fingerprint density at radius 1 is 1.00 bits per heavy atom. The quantitative estimate of drug-likeness (QED) is 0.589. The Bertz CT molecular complexity index is 1070. The van der Waals surface area contributed by atoms with E-state index in [1.807, 2.05) is 24.3 Å². The van der Waals surface area contributed by atoms with Crippen LogP contribution in [0, 0.1) is 0 Å². The van der Waals surface area contributed by atoms with Crippen LogP contribution in [0.25, 0.3) is 10.8 Å². The molecule has 0 aromatic heterocycles. The summed E-state index contributed by atoms with van der Waals surface area (Å²) in [6, 6.07) is 13.2. The second-order valence-corrected chi connectivity index (χ2v) is 7.14. The van der Waals surface area contributed by atoms with Crippen LogP contribution in [0.1, 0.15) is 16.7 Å². The van der Waals surface area contributed by atoms with Crippen LogP contribution in [-0.4, -0.2) is 12.5 Å². The molecule has 0 bridgehead atoms. The number of halogens is 4. The summed E-state index contributed by atoms with van der Waals surface area (Å²) in [5.41, 5.74) is 2.04. The van der Waals surface area contributed by atoms with Gasteiger partial charge in [0.05, 0.1) is 17.8 Å². The van der Waals surface area contributed by atoms with E-state index >= 15 is 0 Å². The predicted octanol–water partition coefficient (Wildman–Crippen LogP) is 5.66. The van der Waals surface area contributed by atoms with Gasteiger partial charge in [-0.3, -0.25) is 4.79 Å². The van der Waals surface area contributed by atoms with E-state index in [0.717, 1.165) is 36.0 Å². The van der Waals surface area contributed by atoms with Crippen molar-refractivity contribution < 1.29 is 18.0 Å². The summed E-state index contributed by atoms with van der Waals surface area (Å²) in [4.78, 5) is 12.3. The molecular weight excluding hydrogens is 389 g/mol. The maximum atomic E-state index is 13.2. The smallest absolute Gasteiger partial charge is 0.376 e. The van der Waals surface area contributed by atoms with Gasteiger partial charge < -0.3 is 10.6 Å². The molecule has 2 N–H and O–H groups in total. The number of anilines is 2. The van der Waals surface area contributed by atoms with E-state index in [1.54, 1.807) is 0 Å². The molecule has 28 heavy (non-hydrogen) atoms. The average molecular weight is 405 g/mol. The minimum atomic E-state index is -4.61. The van der Waals surface area contributed by atoms with E-state index < -0.39 is 17.6 Å². The highest BCUT2D eigenvalue weighted by molar-refractivity contribution is 6.30. The summed E-state index contributed by atoms with van der Waals surface area (Å²) in [5.74, 6) is -0.573. The normalized spacial score (nSPS) is 13.0. The number of amides is 1. The lowest BCUT2D eigenvalue weighted by Gasteiger charge is -2.15. The van der Waals surface area contributed by atoms with Crippen LogP contribution >= 0.6 is 11.6 Å². The number of nitrogens with one attached hydrogen (secondary N) is 2. The van der Waals surface area contributed by atoms with Crippen molar-refractivity contribution in [2.24, 2.45) is 0 Å². The van der Waals surface area contributed by atoms with Crippen molar-refractivity contribution in [1.82, 2.24) is 0 Å². The molecule has 4 rings (SSSR count). The zero-order valence-corrected chi connectivity index (χ0v) is 15.4. The molecule has 3 nitrogen and oxygen atoms in total. The number of aryl methyl sites for hydroxylation is 2. The molecule has 0 heterocycles. The molecule has 3 aromatic rings. The fourth-order valence-corrected chi connectivity index (χ4v) is 3.80. The van der Waals surface area contributed by atoms with E-state index in [-0.39, 0.29) is 17.3 Å². The van der Waals surface area contributed by atoms with Crippen LogP contribution in [0.5, 0.6) is 0 Å². The number of benzene rings is 3. The summed E-state index contributed by atoms with van der Waals surface area (Å²) in [6.45, 7) is -0.154. The molecule has 1 aliphatic carbocycles. The van der Waals surface area contributed by atoms with Crippen molar-refractivity contribution in [2.75, 3.05) is 17.2 Å². The molecule has 0 spiro atoms. The average Bonchev–Trinajstić information content (AvgIpc) is 3.07. The number of hydrogen-bond acceptors (Lipinski definition) is 2. The largest absolute Gasteiger partial charge is 0.418 e. The molecule has 144 valence electrons. The lowest BCUT2D eigenvalue weighted by Crippen LogP contribution is -2.23. The Balaban J connectivity index is 1.52. The van der Waals surface area contributed by atoms with Gasteiger partial charge in [0.2, 0.25) is 5.91 Å². The topological polar surface area (TPSA) is 41.1 Å². The van der Waals surface area contributed by atoms with Gasteiger partial charge in [-0.05, 0) is 53.6 Å². The van der Waals surface area contributed by atoms with Crippen molar-refractivity contribution in [3.8, 4) is 0 Å². The van der Waals surface area contributed by atoms with Crippen LogP contribution < -0.4 is 10.6 Å². The minimum Gasteiger partial charge on any atom is -0.376 e. The molecule has 0 radical (unpaired) electrons. The predicted molar refractivity (Wildman–Crippen MR) is 105 cm³/mol. The molecule has 7 heteroatoms. The SMILES string of the molecule is O=C(CNc1ccc2c3c(cccc13)CC2)Nc1ccc(Cl)cc1C(F)(F)F. The minimum absolute atomic E-state index is 0.0451. The second kappa shape index (κ2) is 7.02. The van der Waals surface area contributed by atoms with Crippen LogP contribution in [0.15, 0.2) is 48.5 Å². The van der Waals surface area contributed by atoms with Crippen molar-refractivity contribution in [1.29, 1.82) is 0 Å². The van der Waals surface area contributed by atoms with Crippen LogP contribution in [0.4, 0.5) is 24.5 Å². The van der Waals surface area contributed by atoms with Crippen LogP contribution in [-0.2, 0) is 23.8 Å². The fourth-order valence-electron chi connectivity index (χ4n) is 3.63. The summed E-state index contributed by atoms with van der Waals surface area (Å²) in [5, 5.41) is 7.53. The molecule has 0 fully saturated rings. The van der Waals surface area contributed by atoms with E-state index in [2.05, 4.69) is 16.7 Å². The first-order valence-electron chi connectivity index (χ1n) is 8.77. The van der Waals surface area contributed by atoms with E-state index in [9.17, 15) is 18.0 Å². The number of carbonyl (C=O) groups excluding carboxylic acids is 1. The Kier molecular flexibility index (Phi) is 4.67. The first kappa shape index (κ1) is 18.6. The van der Waals surface area contributed by atoms with Gasteiger partial charge in [0.25, 0.3) is 0 Å². The zero-order valence-electron chi connectivity index (χ0n) is 14.7. The third-order valence-corrected chi connectivity index (χ3v) is 5.11. The molecule has 0 unspecified atom stereocenters. The summed E-state index contributed by atoms with van der Waals surface area (Å²) in [6.07, 6.45) is -2.63. The standard InChI is InChI=1S/C21H16ClF3N2O/c22-14-7-9-18(16(10-14)21(23,24)25)27-19(28)11-26-17-8-6-13-5-4-12-2-1-3-15(17)20(12)13/h1-3,6-10,26H,4-5,11H2,(H,27,28). The van der Waals surface area contributed by atoms with Gasteiger partial charge >= 0.3 is 6.18 Å². The number of hydrogen-bond donors (Lipinski definition) is 2. The van der Waals surface area contributed by atoms with Crippen LogP contribution in [0.3, 0.4) is 0 Å². The second-order valence-electron chi connectivity index (χ2n) is 6.70. The third kappa shape index (κ3) is 3.52. The van der Waals surface area contributed by atoms with Crippen LogP contribution in [0.2, 0.25) is 5.02 Å². The lowest BCUT2D eigenvalue weighted by molar-refractivity contribution is -0.137. The molecule has 1 aliphatic rings. The zero-order chi connectivity index (χ0) is 19.9. The summed E-state index contributed by atoms with van der Waals surface area (Å²) < 4.78 is 39.5. The Labute approximate surface area is 164 Å². The highest BCUT2D eigenvalue weighted by Gasteiger charge is 2.34. The maximum absolute atomic E-state index is 13.2. The number of alkyl halides is 3. The monoisotopic (exact) mass is 404 g/mol. The van der Waals surface area contributed by atoms with E-state index in [1.165, 1.54) is 22.6 Å². The van der Waals surface area contributed by atoms with E-state index in [0.29, 0.717) is 0 Å². The maximum Gasteiger partial charge on any atom is 0.418 e. The highest BCUT2D eigenvalue weighted by Crippen LogP contribution is 2.37. The number of carbonyl (C=O) groups is 1. The molecular formula is C21H16ClF3N2O. The molecule has 3 aromatic carbocycles. The Morgan fingerprint density at radius 2 is 1.71 bits per heavy atom. The highest BCUT2D eigenvalue weighted by atomic mass is 35.5. The van der Waals surface area contributed by atoms with Gasteiger partial charge in [0, 0.05) is 16.1 Å². The van der Waals surface area contributed by atoms with Crippen molar-refractivity contribution in [2.45, 2.75) is 19.0 Å². The van der Waals surface area contributed by atoms with Gasteiger partial charge in [-0.15, -0.1) is 0 Å². The molecule has 1 amide bonds. The van der Waals surface area contributed by atoms with Gasteiger partial charge in [-0.1, -0.05) is 35.9 Å². The van der Waals surface area contributed by atoms with Gasteiger partial charge in [-0.2, -0.15) is 13.2 Å². The first-order chi connectivity index (χ1) is 13.3. The summed E-state index contributed by atoms with van der Waals surface area (Å²) in [7, 11) is 0.